The van der Waals surface area contributed by atoms with Gasteiger partial charge in [0.05, 0.1) is 16.9 Å². The van der Waals surface area contributed by atoms with Crippen LogP contribution in [0.4, 0.5) is 4.39 Å². The second-order valence-electron chi connectivity index (χ2n) is 7.81. The summed E-state index contributed by atoms with van der Waals surface area (Å²) < 4.78 is 13.8. The maximum atomic E-state index is 13.8. The van der Waals surface area contributed by atoms with Gasteiger partial charge in [-0.25, -0.2) is 9.37 Å². The number of hydrogen-bond donors (Lipinski definition) is 3. The van der Waals surface area contributed by atoms with E-state index in [1.54, 1.807) is 12.1 Å². The minimum atomic E-state index is -0.243. The molecule has 0 saturated heterocycles. The van der Waals surface area contributed by atoms with E-state index < -0.39 is 0 Å². The van der Waals surface area contributed by atoms with Gasteiger partial charge in [0, 0.05) is 17.4 Å². The molecule has 3 N–H and O–H groups in total. The molecule has 1 aliphatic heterocycles. The van der Waals surface area contributed by atoms with Crippen LogP contribution in [0.15, 0.2) is 66.7 Å². The van der Waals surface area contributed by atoms with Crippen LogP contribution < -0.4 is 5.32 Å². The standard InChI is InChI=1S/C25H20FN5/c26-17-4-1-3-16(13-17)18-5-2-6-21-19(18)14-23(28-21)25-24-22(30-31-25)8-7-20(29-24)15-9-11-27-12-10-15/h1-9,13-14,27-28H,10-12H2,(H,30,31). The molecule has 4 heterocycles. The van der Waals surface area contributed by atoms with Crippen molar-refractivity contribution >= 4 is 27.5 Å². The molecule has 6 rings (SSSR count). The fourth-order valence-corrected chi connectivity index (χ4v) is 4.31. The van der Waals surface area contributed by atoms with Crippen molar-refractivity contribution in [3.63, 3.8) is 0 Å². The molecule has 0 aliphatic carbocycles. The molecule has 0 atom stereocenters. The molecule has 0 amide bonds. The number of H-pyrrole nitrogens is 2. The summed E-state index contributed by atoms with van der Waals surface area (Å²) in [5, 5.41) is 12.0. The number of aromatic nitrogens is 4. The zero-order valence-electron chi connectivity index (χ0n) is 16.7. The summed E-state index contributed by atoms with van der Waals surface area (Å²) in [5.41, 5.74) is 8.47. The van der Waals surface area contributed by atoms with E-state index in [2.05, 4.69) is 38.7 Å². The molecule has 0 saturated carbocycles. The summed E-state index contributed by atoms with van der Waals surface area (Å²) in [6, 6.07) is 18.9. The van der Waals surface area contributed by atoms with Gasteiger partial charge in [0.15, 0.2) is 0 Å². The quantitative estimate of drug-likeness (QED) is 0.379. The highest BCUT2D eigenvalue weighted by atomic mass is 19.1. The van der Waals surface area contributed by atoms with Crippen LogP contribution in [0.25, 0.3) is 50.0 Å². The van der Waals surface area contributed by atoms with Crippen LogP contribution in [-0.4, -0.2) is 33.3 Å². The zero-order valence-corrected chi connectivity index (χ0v) is 16.7. The minimum Gasteiger partial charge on any atom is -0.353 e. The average Bonchev–Trinajstić information content (AvgIpc) is 3.43. The summed E-state index contributed by atoms with van der Waals surface area (Å²) in [6.07, 6.45) is 3.17. The smallest absolute Gasteiger partial charge is 0.135 e. The van der Waals surface area contributed by atoms with Crippen molar-refractivity contribution in [3.8, 4) is 22.5 Å². The normalized spacial score (nSPS) is 14.3. The van der Waals surface area contributed by atoms with E-state index in [4.69, 9.17) is 4.98 Å². The number of aromatic amines is 2. The lowest BCUT2D eigenvalue weighted by Gasteiger charge is -2.13. The molecule has 3 aromatic heterocycles. The fourth-order valence-electron chi connectivity index (χ4n) is 4.31. The van der Waals surface area contributed by atoms with E-state index in [0.717, 1.165) is 69.7 Å². The summed E-state index contributed by atoms with van der Waals surface area (Å²) in [7, 11) is 0. The Morgan fingerprint density at radius 1 is 0.935 bits per heavy atom. The lowest BCUT2D eigenvalue weighted by atomic mass is 10.0. The number of nitrogens with zero attached hydrogens (tertiary/aromatic N) is 2. The van der Waals surface area contributed by atoms with Crippen molar-refractivity contribution in [1.82, 2.24) is 25.5 Å². The van der Waals surface area contributed by atoms with Gasteiger partial charge in [0.25, 0.3) is 0 Å². The van der Waals surface area contributed by atoms with E-state index in [1.165, 1.54) is 11.6 Å². The summed E-state index contributed by atoms with van der Waals surface area (Å²) >= 11 is 0. The van der Waals surface area contributed by atoms with Crippen LogP contribution >= 0.6 is 0 Å². The molecular weight excluding hydrogens is 389 g/mol. The van der Waals surface area contributed by atoms with E-state index in [9.17, 15) is 4.39 Å². The van der Waals surface area contributed by atoms with E-state index >= 15 is 0 Å². The zero-order chi connectivity index (χ0) is 20.8. The molecule has 1 aliphatic rings. The Kier molecular flexibility index (Phi) is 4.18. The van der Waals surface area contributed by atoms with Crippen molar-refractivity contribution in [3.05, 3.63) is 78.3 Å². The molecule has 0 unspecified atom stereocenters. The Balaban J connectivity index is 1.49. The predicted molar refractivity (Wildman–Crippen MR) is 122 cm³/mol. The van der Waals surface area contributed by atoms with Crippen LogP contribution in [0.2, 0.25) is 0 Å². The van der Waals surface area contributed by atoms with Crippen molar-refractivity contribution in [1.29, 1.82) is 0 Å². The third-order valence-corrected chi connectivity index (χ3v) is 5.86. The maximum Gasteiger partial charge on any atom is 0.135 e. The summed E-state index contributed by atoms with van der Waals surface area (Å²) in [5.74, 6) is -0.243. The topological polar surface area (TPSA) is 69.4 Å². The van der Waals surface area contributed by atoms with Gasteiger partial charge in [-0.2, -0.15) is 5.10 Å². The number of pyridine rings is 1. The van der Waals surface area contributed by atoms with Crippen molar-refractivity contribution in [2.75, 3.05) is 13.1 Å². The molecule has 0 fully saturated rings. The Labute approximate surface area is 178 Å². The monoisotopic (exact) mass is 409 g/mol. The molecule has 0 radical (unpaired) electrons. The largest absolute Gasteiger partial charge is 0.353 e. The SMILES string of the molecule is Fc1cccc(-c2cccc3[nH]c(-c4n[nH]c5ccc(C6=CCNCC6)nc45)cc23)c1. The Morgan fingerprint density at radius 2 is 1.87 bits per heavy atom. The van der Waals surface area contributed by atoms with Gasteiger partial charge in [-0.05, 0) is 66.1 Å². The highest BCUT2D eigenvalue weighted by molar-refractivity contribution is 6.00. The highest BCUT2D eigenvalue weighted by Gasteiger charge is 2.16. The molecular formula is C25H20FN5. The second-order valence-corrected chi connectivity index (χ2v) is 7.81. The lowest BCUT2D eigenvalue weighted by molar-refractivity contribution is 0.628. The van der Waals surface area contributed by atoms with E-state index in [0.29, 0.717) is 0 Å². The molecule has 5 aromatic rings. The molecule has 152 valence electrons. The van der Waals surface area contributed by atoms with Crippen molar-refractivity contribution in [2.45, 2.75) is 6.42 Å². The van der Waals surface area contributed by atoms with Crippen LogP contribution in [0, 0.1) is 5.82 Å². The number of rotatable bonds is 3. The number of fused-ring (bicyclic) bond motifs is 2. The van der Waals surface area contributed by atoms with Gasteiger partial charge in [-0.3, -0.25) is 5.10 Å². The van der Waals surface area contributed by atoms with E-state index in [1.807, 2.05) is 30.3 Å². The average molecular weight is 409 g/mol. The number of nitrogens with one attached hydrogen (secondary N) is 3. The first kappa shape index (κ1) is 18.0. The number of benzene rings is 2. The first-order chi connectivity index (χ1) is 15.3. The van der Waals surface area contributed by atoms with Gasteiger partial charge in [-0.1, -0.05) is 30.3 Å². The van der Waals surface area contributed by atoms with Gasteiger partial charge < -0.3 is 10.3 Å². The molecule has 31 heavy (non-hydrogen) atoms. The minimum absolute atomic E-state index is 0.243. The highest BCUT2D eigenvalue weighted by Crippen LogP contribution is 2.34. The molecule has 2 aromatic carbocycles. The Bertz CT molecular complexity index is 1460. The molecule has 0 bridgehead atoms. The predicted octanol–water partition coefficient (Wildman–Crippen LogP) is 5.29. The van der Waals surface area contributed by atoms with Crippen molar-refractivity contribution in [2.24, 2.45) is 0 Å². The molecule has 0 spiro atoms. The van der Waals surface area contributed by atoms with Gasteiger partial charge in [0.2, 0.25) is 0 Å². The first-order valence-electron chi connectivity index (χ1n) is 10.4. The van der Waals surface area contributed by atoms with Crippen molar-refractivity contribution < 1.29 is 4.39 Å². The molecule has 5 nitrogen and oxygen atoms in total. The Morgan fingerprint density at radius 3 is 2.74 bits per heavy atom. The fraction of sp³-hybridized carbons (Fsp3) is 0.120. The summed E-state index contributed by atoms with van der Waals surface area (Å²) in [4.78, 5) is 8.41. The number of halogens is 1. The van der Waals surface area contributed by atoms with Crippen LogP contribution in [-0.2, 0) is 0 Å². The van der Waals surface area contributed by atoms with Crippen LogP contribution in [0.1, 0.15) is 12.1 Å². The maximum absolute atomic E-state index is 13.8. The third-order valence-electron chi connectivity index (χ3n) is 5.86. The Hall–Kier alpha value is -3.77. The third kappa shape index (κ3) is 3.12. The van der Waals surface area contributed by atoms with Gasteiger partial charge in [0.1, 0.15) is 17.0 Å². The number of hydrogen-bond acceptors (Lipinski definition) is 3. The van der Waals surface area contributed by atoms with E-state index in [-0.39, 0.29) is 5.82 Å². The van der Waals surface area contributed by atoms with Gasteiger partial charge in [-0.15, -0.1) is 0 Å². The van der Waals surface area contributed by atoms with Crippen LogP contribution in [0.3, 0.4) is 0 Å². The van der Waals surface area contributed by atoms with Gasteiger partial charge >= 0.3 is 0 Å². The van der Waals surface area contributed by atoms with Crippen LogP contribution in [0.5, 0.6) is 0 Å². The second kappa shape index (κ2) is 7.18. The lowest BCUT2D eigenvalue weighted by Crippen LogP contribution is -2.20. The summed E-state index contributed by atoms with van der Waals surface area (Å²) in [6.45, 7) is 1.84. The first-order valence-corrected chi connectivity index (χ1v) is 10.4. The molecule has 6 heteroatoms.